The maximum absolute atomic E-state index is 14.4. The molecule has 0 saturated carbocycles. The Balaban J connectivity index is 2.29. The number of amides is 3. The van der Waals surface area contributed by atoms with Crippen molar-refractivity contribution in [1.82, 2.24) is 4.90 Å². The van der Waals surface area contributed by atoms with E-state index in [1.165, 1.54) is 19.2 Å². The number of rotatable bonds is 2. The summed E-state index contributed by atoms with van der Waals surface area (Å²) in [5.41, 5.74) is 4.94. The monoisotopic (exact) mass is 395 g/mol. The highest BCUT2D eigenvalue weighted by molar-refractivity contribution is 7.86. The van der Waals surface area contributed by atoms with Crippen molar-refractivity contribution in [3.8, 4) is 5.69 Å². The van der Waals surface area contributed by atoms with Gasteiger partial charge in [0.2, 0.25) is 0 Å². The van der Waals surface area contributed by atoms with Crippen molar-refractivity contribution >= 4 is 27.9 Å². The first-order valence-corrected chi connectivity index (χ1v) is 9.39. The van der Waals surface area contributed by atoms with Gasteiger partial charge < -0.3 is 16.0 Å². The van der Waals surface area contributed by atoms with E-state index in [0.717, 1.165) is 30.1 Å². The molecule has 2 aromatic carbocycles. The molecule has 0 heterocycles. The highest BCUT2D eigenvalue weighted by Crippen LogP contribution is 2.23. The van der Waals surface area contributed by atoms with Gasteiger partial charge in [-0.2, -0.15) is 0 Å². The Morgan fingerprint density at radius 1 is 1.04 bits per heavy atom. The van der Waals surface area contributed by atoms with Crippen molar-refractivity contribution in [2.24, 2.45) is 0 Å². The second-order valence-electron chi connectivity index (χ2n) is 5.63. The molecule has 8 heteroatoms. The molecule has 144 valence electrons. The molecule has 4 nitrogen and oxygen atoms in total. The van der Waals surface area contributed by atoms with Crippen LogP contribution in [0.2, 0.25) is 0 Å². The number of carbonyl (C=O) groups excluding carboxylic acids is 2. The van der Waals surface area contributed by atoms with Crippen molar-refractivity contribution < 1.29 is 22.8 Å². The van der Waals surface area contributed by atoms with E-state index in [-0.39, 0.29) is 5.69 Å². The third-order valence-electron chi connectivity index (χ3n) is 3.95. The van der Waals surface area contributed by atoms with Gasteiger partial charge in [0, 0.05) is 14.1 Å². The minimum atomic E-state index is -1.17. The minimum Gasteiger partial charge on any atom is -0.430 e. The van der Waals surface area contributed by atoms with Gasteiger partial charge in [0.1, 0.15) is 23.0 Å². The summed E-state index contributed by atoms with van der Waals surface area (Å²) in [7, 11) is 1.70. The third kappa shape index (κ3) is 4.18. The first kappa shape index (κ1) is 20.6. The summed E-state index contributed by atoms with van der Waals surface area (Å²) in [6.07, 6.45) is 0. The van der Waals surface area contributed by atoms with Crippen LogP contribution >= 0.6 is 0 Å². The molecule has 0 spiro atoms. The molecule has 0 N–H and O–H groups in total. The maximum Gasteiger partial charge on any atom is 0.331 e. The molecule has 3 amide bonds. The van der Waals surface area contributed by atoms with Gasteiger partial charge in [-0.15, -0.1) is 10.6 Å². The molecule has 0 aliphatic heterocycles. The summed E-state index contributed by atoms with van der Waals surface area (Å²) < 4.78 is 42.0. The summed E-state index contributed by atoms with van der Waals surface area (Å²) in [6.45, 7) is 1.87. The molecule has 0 aliphatic carbocycles. The zero-order valence-corrected chi connectivity index (χ0v) is 15.8. The number of urea groups is 1. The lowest BCUT2D eigenvalue weighted by molar-refractivity contribution is 0.0827. The van der Waals surface area contributed by atoms with Crippen LogP contribution in [0, 0.1) is 23.1 Å². The van der Waals surface area contributed by atoms with Gasteiger partial charge in [0.05, 0.1) is 5.69 Å². The first-order chi connectivity index (χ1) is 12.7. The lowest BCUT2D eigenvalue weighted by atomic mass is 10.1. The summed E-state index contributed by atoms with van der Waals surface area (Å²) in [5, 5.41) is 0. The lowest BCUT2D eigenvalue weighted by Crippen LogP contribution is -2.43. The molecular formula is C19H18F3N2O2S-. The molecule has 0 fully saturated rings. The quantitative estimate of drug-likeness (QED) is 0.721. The first-order valence-electron chi connectivity index (χ1n) is 7.93. The molecule has 0 bridgehead atoms. The van der Waals surface area contributed by atoms with E-state index < -0.39 is 45.3 Å². The number of halogens is 3. The Hall–Kier alpha value is -2.70. The zero-order chi connectivity index (χ0) is 20.3. The summed E-state index contributed by atoms with van der Waals surface area (Å²) in [4.78, 5) is 26.8. The van der Waals surface area contributed by atoms with Crippen LogP contribution in [-0.4, -0.2) is 36.7 Å². The van der Waals surface area contributed by atoms with Crippen molar-refractivity contribution in [3.05, 3.63) is 59.4 Å². The van der Waals surface area contributed by atoms with Gasteiger partial charge in [-0.25, -0.2) is 18.0 Å². The Bertz CT molecular complexity index is 949. The lowest BCUT2D eigenvalue weighted by Gasteiger charge is -2.25. The van der Waals surface area contributed by atoms with E-state index in [1.54, 1.807) is 6.07 Å². The predicted octanol–water partition coefficient (Wildman–Crippen LogP) is 4.02. The molecule has 2 aromatic rings. The van der Waals surface area contributed by atoms with Gasteiger partial charge in [-0.05, 0) is 24.3 Å². The van der Waals surface area contributed by atoms with E-state index >= 15 is 0 Å². The zero-order valence-electron chi connectivity index (χ0n) is 15.0. The van der Waals surface area contributed by atoms with Gasteiger partial charge in [0.25, 0.3) is 5.91 Å². The molecule has 0 saturated heterocycles. The molecule has 0 aromatic heterocycles. The van der Waals surface area contributed by atoms with Crippen LogP contribution in [0.5, 0.6) is 0 Å². The number of nitrogens with zero attached hydrogens (tertiary/aromatic N) is 2. The maximum atomic E-state index is 14.4. The Morgan fingerprint density at radius 2 is 1.63 bits per heavy atom. The molecular weight excluding hydrogens is 377 g/mol. The normalized spacial score (nSPS) is 10.7. The summed E-state index contributed by atoms with van der Waals surface area (Å²) in [6, 6.07) is 6.16. The van der Waals surface area contributed by atoms with Gasteiger partial charge in [-0.3, -0.25) is 14.6 Å². The van der Waals surface area contributed by atoms with Crippen LogP contribution in [0.25, 0.3) is 0 Å². The van der Waals surface area contributed by atoms with E-state index in [2.05, 4.69) is 0 Å². The number of carbonyl (C=O) groups is 2. The topological polar surface area (TPSA) is 40.6 Å². The standard InChI is InChI=1S/C19H18F3N2O2S/c1-5-27(4)12-9-10-16(15(22)11-12)23(2)19(26)24(3)18(25)17-13(20)7-6-8-14(17)21/h4,6-11H,5H2,1-3H3/q-1. The minimum absolute atomic E-state index is 0.0921. The molecule has 0 aliphatic rings. The molecule has 0 radical (unpaired) electrons. The van der Waals surface area contributed by atoms with Crippen LogP contribution in [0.15, 0.2) is 41.3 Å². The second-order valence-corrected chi connectivity index (χ2v) is 7.54. The third-order valence-corrected chi connectivity index (χ3v) is 5.43. The SMILES string of the molecule is C#[S-](CC)c1ccc(N(C)C(=O)N(C)C(=O)c2c(F)cccc2F)c(F)c1. The molecule has 0 atom stereocenters. The van der Waals surface area contributed by atoms with Crippen molar-refractivity contribution in [2.75, 3.05) is 24.7 Å². The summed E-state index contributed by atoms with van der Waals surface area (Å²) >= 11 is 0. The largest absolute Gasteiger partial charge is 0.430 e. The average molecular weight is 395 g/mol. The molecule has 2 rings (SSSR count). The van der Waals surface area contributed by atoms with Crippen molar-refractivity contribution in [1.29, 1.82) is 0 Å². The number of hydrogen-bond acceptors (Lipinski definition) is 3. The highest BCUT2D eigenvalue weighted by atomic mass is 32.2. The van der Waals surface area contributed by atoms with Crippen LogP contribution in [0.4, 0.5) is 23.7 Å². The smallest absolute Gasteiger partial charge is 0.331 e. The number of hydrogen-bond donors (Lipinski definition) is 0. The van der Waals surface area contributed by atoms with E-state index in [9.17, 15) is 22.8 Å². The van der Waals surface area contributed by atoms with Crippen LogP contribution < -0.4 is 4.90 Å². The molecule has 0 unspecified atom stereocenters. The van der Waals surface area contributed by atoms with E-state index in [1.807, 2.05) is 6.92 Å². The van der Waals surface area contributed by atoms with Gasteiger partial charge in [0.15, 0.2) is 0 Å². The fourth-order valence-corrected chi connectivity index (χ4v) is 3.21. The Morgan fingerprint density at radius 3 is 2.15 bits per heavy atom. The fraction of sp³-hybridized carbons (Fsp3) is 0.211. The van der Waals surface area contributed by atoms with Gasteiger partial charge in [-0.1, -0.05) is 19.1 Å². The Labute approximate surface area is 157 Å². The second kappa shape index (κ2) is 8.33. The van der Waals surface area contributed by atoms with E-state index in [0.29, 0.717) is 15.5 Å². The van der Waals surface area contributed by atoms with Crippen LogP contribution in [-0.2, 0) is 10.3 Å². The summed E-state index contributed by atoms with van der Waals surface area (Å²) in [5.74, 6) is -3.41. The van der Waals surface area contributed by atoms with E-state index in [4.69, 9.17) is 5.69 Å². The number of benzene rings is 2. The van der Waals surface area contributed by atoms with Crippen LogP contribution in [0.1, 0.15) is 17.3 Å². The van der Waals surface area contributed by atoms with Crippen molar-refractivity contribution in [3.63, 3.8) is 0 Å². The van der Waals surface area contributed by atoms with Crippen molar-refractivity contribution in [2.45, 2.75) is 11.8 Å². The molecule has 27 heavy (non-hydrogen) atoms. The van der Waals surface area contributed by atoms with Gasteiger partial charge >= 0.3 is 6.03 Å². The number of imide groups is 1. The average Bonchev–Trinajstić information content (AvgIpc) is 2.65. The highest BCUT2D eigenvalue weighted by Gasteiger charge is 2.28. The van der Waals surface area contributed by atoms with Crippen LogP contribution in [0.3, 0.4) is 0 Å². The predicted molar refractivity (Wildman–Crippen MR) is 99.8 cm³/mol. The Kier molecular flexibility index (Phi) is 6.36. The number of anilines is 1. The fourth-order valence-electron chi connectivity index (χ4n) is 2.37.